The summed E-state index contributed by atoms with van der Waals surface area (Å²) in [6, 6.07) is 12.1. The van der Waals surface area contributed by atoms with E-state index >= 15 is 0 Å². The molecule has 0 aliphatic heterocycles. The van der Waals surface area contributed by atoms with Gasteiger partial charge in [-0.2, -0.15) is 5.26 Å². The van der Waals surface area contributed by atoms with Crippen LogP contribution >= 0.6 is 0 Å². The highest BCUT2D eigenvalue weighted by Crippen LogP contribution is 2.18. The van der Waals surface area contributed by atoms with E-state index in [9.17, 15) is 14.3 Å². The van der Waals surface area contributed by atoms with Gasteiger partial charge in [0, 0.05) is 5.69 Å². The van der Waals surface area contributed by atoms with Gasteiger partial charge >= 0.3 is 0 Å². The molecule has 6 heteroatoms. The molecule has 0 aromatic heterocycles. The molecule has 0 aliphatic rings. The molecule has 0 spiro atoms. The van der Waals surface area contributed by atoms with Crippen molar-refractivity contribution in [3.63, 3.8) is 0 Å². The van der Waals surface area contributed by atoms with E-state index < -0.39 is 17.3 Å². The number of aryl methyl sites for hydroxylation is 1. The smallest absolute Gasteiger partial charge is 0.259 e. The van der Waals surface area contributed by atoms with E-state index in [4.69, 9.17) is 10.00 Å². The molecule has 2 aromatic carbocycles. The van der Waals surface area contributed by atoms with Crippen molar-refractivity contribution >= 4 is 11.6 Å². The number of nitrogens with one attached hydrogen (secondary N) is 1. The minimum Gasteiger partial charge on any atom is -0.490 e. The molecule has 2 N–H and O–H groups in total. The van der Waals surface area contributed by atoms with Crippen LogP contribution in [0.5, 0.6) is 5.75 Å². The summed E-state index contributed by atoms with van der Waals surface area (Å²) in [4.78, 5) is 12.2. The molecule has 124 valence electrons. The van der Waals surface area contributed by atoms with Crippen LogP contribution in [-0.2, 0) is 4.79 Å². The third kappa shape index (κ3) is 4.31. The molecule has 2 rings (SSSR count). The van der Waals surface area contributed by atoms with Gasteiger partial charge in [0.2, 0.25) is 0 Å². The predicted molar refractivity (Wildman–Crippen MR) is 87.0 cm³/mol. The lowest BCUT2D eigenvalue weighted by atomic mass is 10.1. The number of aliphatic hydroxyl groups is 1. The summed E-state index contributed by atoms with van der Waals surface area (Å²) in [7, 11) is 0. The van der Waals surface area contributed by atoms with Crippen LogP contribution in [0.15, 0.2) is 42.5 Å². The van der Waals surface area contributed by atoms with Crippen LogP contribution < -0.4 is 10.1 Å². The van der Waals surface area contributed by atoms with Crippen molar-refractivity contribution in [1.29, 1.82) is 5.26 Å². The molecule has 0 fully saturated rings. The Bertz CT molecular complexity index is 780. The van der Waals surface area contributed by atoms with E-state index in [0.29, 0.717) is 17.0 Å². The number of nitrogens with zero attached hydrogens (tertiary/aromatic N) is 1. The van der Waals surface area contributed by atoms with E-state index in [-0.39, 0.29) is 6.61 Å². The number of nitriles is 1. The highest BCUT2D eigenvalue weighted by Gasteiger charge is 2.31. The van der Waals surface area contributed by atoms with Gasteiger partial charge in [0.1, 0.15) is 18.2 Å². The first-order valence-electron chi connectivity index (χ1n) is 7.25. The number of ether oxygens (including phenoxy) is 1. The molecule has 1 atom stereocenters. The summed E-state index contributed by atoms with van der Waals surface area (Å²) in [6.45, 7) is 2.78. The maximum atomic E-state index is 12.8. The van der Waals surface area contributed by atoms with Crippen molar-refractivity contribution in [1.82, 2.24) is 0 Å². The van der Waals surface area contributed by atoms with Crippen LogP contribution in [0, 0.1) is 24.1 Å². The molecule has 0 radical (unpaired) electrons. The fraction of sp³-hybridized carbons (Fsp3) is 0.222. The zero-order valence-corrected chi connectivity index (χ0v) is 13.3. The fourth-order valence-corrected chi connectivity index (χ4v) is 1.95. The minimum atomic E-state index is -1.78. The van der Waals surface area contributed by atoms with E-state index in [1.165, 1.54) is 31.2 Å². The van der Waals surface area contributed by atoms with Gasteiger partial charge in [-0.3, -0.25) is 4.79 Å². The summed E-state index contributed by atoms with van der Waals surface area (Å²) < 4.78 is 18.2. The van der Waals surface area contributed by atoms with Crippen LogP contribution in [0.3, 0.4) is 0 Å². The lowest BCUT2D eigenvalue weighted by Gasteiger charge is -2.22. The molecule has 24 heavy (non-hydrogen) atoms. The second kappa shape index (κ2) is 7.11. The summed E-state index contributed by atoms with van der Waals surface area (Å²) in [5.74, 6) is -0.699. The highest BCUT2D eigenvalue weighted by atomic mass is 19.1. The molecule has 0 bridgehead atoms. The third-order valence-electron chi connectivity index (χ3n) is 3.43. The number of carbonyl (C=O) groups is 1. The van der Waals surface area contributed by atoms with E-state index in [2.05, 4.69) is 5.32 Å². The summed E-state index contributed by atoms with van der Waals surface area (Å²) in [5, 5.41) is 21.7. The molecule has 2 aromatic rings. The second-order valence-electron chi connectivity index (χ2n) is 5.61. The van der Waals surface area contributed by atoms with Crippen LogP contribution in [-0.4, -0.2) is 23.2 Å². The molecule has 0 saturated heterocycles. The van der Waals surface area contributed by atoms with Crippen molar-refractivity contribution < 1.29 is 19.0 Å². The number of benzene rings is 2. The summed E-state index contributed by atoms with van der Waals surface area (Å²) >= 11 is 0. The standard InChI is InChI=1S/C18H17FN2O3/c1-12-9-15(6-3-13(12)10-20)21-17(22)18(2,23)11-24-16-7-4-14(19)5-8-16/h3-9,23H,11H2,1-2H3,(H,21,22). The number of rotatable bonds is 5. The van der Waals surface area contributed by atoms with Crippen molar-refractivity contribution in [3.8, 4) is 11.8 Å². The van der Waals surface area contributed by atoms with Gasteiger partial charge in [0.15, 0.2) is 5.60 Å². The molecular formula is C18H17FN2O3. The normalized spacial score (nSPS) is 12.8. The topological polar surface area (TPSA) is 82.3 Å². The first-order valence-corrected chi connectivity index (χ1v) is 7.25. The van der Waals surface area contributed by atoms with Gasteiger partial charge in [-0.25, -0.2) is 4.39 Å². The Hall–Kier alpha value is -2.91. The molecule has 0 aliphatic carbocycles. The third-order valence-corrected chi connectivity index (χ3v) is 3.43. The first-order chi connectivity index (χ1) is 11.3. The van der Waals surface area contributed by atoms with Gasteiger partial charge in [-0.1, -0.05) is 0 Å². The van der Waals surface area contributed by atoms with Crippen molar-refractivity contribution in [2.75, 3.05) is 11.9 Å². The number of carbonyl (C=O) groups excluding carboxylic acids is 1. The van der Waals surface area contributed by atoms with Gasteiger partial charge in [-0.15, -0.1) is 0 Å². The van der Waals surface area contributed by atoms with Crippen LogP contribution in [0.25, 0.3) is 0 Å². The maximum absolute atomic E-state index is 12.8. The molecule has 0 heterocycles. The van der Waals surface area contributed by atoms with Crippen LogP contribution in [0.4, 0.5) is 10.1 Å². The van der Waals surface area contributed by atoms with Gasteiger partial charge < -0.3 is 15.2 Å². The molecular weight excluding hydrogens is 311 g/mol. The molecule has 1 unspecified atom stereocenters. The van der Waals surface area contributed by atoms with Crippen LogP contribution in [0.2, 0.25) is 0 Å². The summed E-state index contributed by atoms with van der Waals surface area (Å²) in [5.41, 5.74) is -0.0774. The van der Waals surface area contributed by atoms with Gasteiger partial charge in [0.05, 0.1) is 11.6 Å². The number of hydrogen-bond donors (Lipinski definition) is 2. The van der Waals surface area contributed by atoms with Gasteiger partial charge in [0.25, 0.3) is 5.91 Å². The predicted octanol–water partition coefficient (Wildman–Crippen LogP) is 2.77. The zero-order chi connectivity index (χ0) is 17.7. The Morgan fingerprint density at radius 2 is 2.00 bits per heavy atom. The number of amides is 1. The Labute approximate surface area is 139 Å². The Morgan fingerprint density at radius 1 is 1.33 bits per heavy atom. The monoisotopic (exact) mass is 328 g/mol. The lowest BCUT2D eigenvalue weighted by molar-refractivity contribution is -0.135. The van der Waals surface area contributed by atoms with Crippen molar-refractivity contribution in [2.45, 2.75) is 19.4 Å². The number of anilines is 1. The van der Waals surface area contributed by atoms with Crippen LogP contribution in [0.1, 0.15) is 18.1 Å². The fourth-order valence-electron chi connectivity index (χ4n) is 1.95. The van der Waals surface area contributed by atoms with Crippen molar-refractivity contribution in [2.24, 2.45) is 0 Å². The van der Waals surface area contributed by atoms with Crippen molar-refractivity contribution in [3.05, 3.63) is 59.4 Å². The van der Waals surface area contributed by atoms with E-state index in [0.717, 1.165) is 5.56 Å². The quantitative estimate of drug-likeness (QED) is 0.884. The minimum absolute atomic E-state index is 0.292. The average molecular weight is 328 g/mol. The molecule has 5 nitrogen and oxygen atoms in total. The number of halogens is 1. The number of hydrogen-bond acceptors (Lipinski definition) is 4. The Balaban J connectivity index is 2.00. The summed E-state index contributed by atoms with van der Waals surface area (Å²) in [6.07, 6.45) is 0. The molecule has 1 amide bonds. The first kappa shape index (κ1) is 17.4. The second-order valence-corrected chi connectivity index (χ2v) is 5.61. The zero-order valence-electron chi connectivity index (χ0n) is 13.3. The largest absolute Gasteiger partial charge is 0.490 e. The Kier molecular flexibility index (Phi) is 5.17. The van der Waals surface area contributed by atoms with E-state index in [1.807, 2.05) is 6.07 Å². The average Bonchev–Trinajstić information content (AvgIpc) is 2.54. The van der Waals surface area contributed by atoms with E-state index in [1.54, 1.807) is 25.1 Å². The van der Waals surface area contributed by atoms with Gasteiger partial charge in [-0.05, 0) is 61.9 Å². The Morgan fingerprint density at radius 3 is 2.58 bits per heavy atom. The SMILES string of the molecule is Cc1cc(NC(=O)C(C)(O)COc2ccc(F)cc2)ccc1C#N. The molecule has 0 saturated carbocycles. The lowest BCUT2D eigenvalue weighted by Crippen LogP contribution is -2.45. The maximum Gasteiger partial charge on any atom is 0.259 e. The highest BCUT2D eigenvalue weighted by molar-refractivity contribution is 5.97.